The number of alkyl halides is 3. The molecule has 8 nitrogen and oxygen atoms in total. The first-order chi connectivity index (χ1) is 12.5. The Hall–Kier alpha value is -1.66. The molecule has 1 aromatic rings. The number of halogens is 3. The molecule has 1 aromatic heterocycles. The van der Waals surface area contributed by atoms with E-state index in [-0.39, 0.29) is 6.04 Å². The van der Waals surface area contributed by atoms with Gasteiger partial charge in [0.05, 0.1) is 18.0 Å². The van der Waals surface area contributed by atoms with E-state index in [1.54, 1.807) is 0 Å². The molecule has 154 valence electrons. The van der Waals surface area contributed by atoms with Crippen molar-refractivity contribution in [2.75, 3.05) is 19.3 Å². The molecule has 0 bridgehead atoms. The van der Waals surface area contributed by atoms with Gasteiger partial charge < -0.3 is 5.11 Å². The van der Waals surface area contributed by atoms with Gasteiger partial charge in [0.25, 0.3) is 0 Å². The van der Waals surface area contributed by atoms with Crippen molar-refractivity contribution in [3.05, 3.63) is 18.0 Å². The smallest absolute Gasteiger partial charge is 0.475 e. The first-order valence-electron chi connectivity index (χ1n) is 8.48. The maximum atomic E-state index is 11.2. The van der Waals surface area contributed by atoms with Crippen LogP contribution in [0.5, 0.6) is 0 Å². The summed E-state index contributed by atoms with van der Waals surface area (Å²) in [5, 5.41) is 11.5. The van der Waals surface area contributed by atoms with Crippen molar-refractivity contribution in [1.29, 1.82) is 0 Å². The Kier molecular flexibility index (Phi) is 6.87. The summed E-state index contributed by atoms with van der Waals surface area (Å²) in [4.78, 5) is 11.4. The van der Waals surface area contributed by atoms with Crippen LogP contribution in [0.4, 0.5) is 13.2 Å². The minimum Gasteiger partial charge on any atom is -0.475 e. The van der Waals surface area contributed by atoms with Crippen LogP contribution in [-0.4, -0.2) is 65.7 Å². The van der Waals surface area contributed by atoms with E-state index >= 15 is 0 Å². The lowest BCUT2D eigenvalue weighted by atomic mass is 9.90. The maximum Gasteiger partial charge on any atom is 0.490 e. The number of nitrogens with zero attached hydrogens (tertiary/aromatic N) is 3. The Morgan fingerprint density at radius 3 is 2.52 bits per heavy atom. The molecular formula is C15H23F3N4O4S. The van der Waals surface area contributed by atoms with E-state index < -0.39 is 22.2 Å². The number of aliphatic carboxylic acids is 1. The predicted octanol–water partition coefficient (Wildman–Crippen LogP) is 1.36. The molecule has 0 spiro atoms. The standard InChI is InChI=1S/C13H22N4O2S.C2HF3O2/c1-20(18,19)15-8-6-13-10-16(11-3-2-4-11)9-12-5-7-14-17(12)13;3-2(4,5)1(6)7/h5,7,11,13,15H,2-4,6,8-10H2,1H3;(H,6,7). The minimum atomic E-state index is -5.08. The molecule has 2 aliphatic rings. The summed E-state index contributed by atoms with van der Waals surface area (Å²) in [6, 6.07) is 3.05. The van der Waals surface area contributed by atoms with Crippen LogP contribution in [0.15, 0.2) is 12.3 Å². The van der Waals surface area contributed by atoms with Gasteiger partial charge in [-0.05, 0) is 25.3 Å². The number of carboxylic acids is 1. The SMILES string of the molecule is CS(=O)(=O)NCCC1CN(C2CCC2)Cc2ccnn21.O=C(O)C(F)(F)F. The zero-order valence-corrected chi connectivity index (χ0v) is 15.6. The number of aromatic nitrogens is 2. The van der Waals surface area contributed by atoms with E-state index in [4.69, 9.17) is 9.90 Å². The number of carboxylic acid groups (broad SMARTS) is 1. The van der Waals surface area contributed by atoms with Crippen LogP contribution in [0.2, 0.25) is 0 Å². The van der Waals surface area contributed by atoms with Crippen LogP contribution in [0.25, 0.3) is 0 Å². The molecule has 1 atom stereocenters. The van der Waals surface area contributed by atoms with Crippen LogP contribution >= 0.6 is 0 Å². The molecule has 0 amide bonds. The number of hydrogen-bond donors (Lipinski definition) is 2. The third kappa shape index (κ3) is 6.47. The summed E-state index contributed by atoms with van der Waals surface area (Å²) < 4.78 is 58.7. The summed E-state index contributed by atoms with van der Waals surface area (Å²) in [6.45, 7) is 2.42. The fourth-order valence-corrected chi connectivity index (χ4v) is 3.56. The lowest BCUT2D eigenvalue weighted by molar-refractivity contribution is -0.192. The average Bonchev–Trinajstić information content (AvgIpc) is 2.92. The highest BCUT2D eigenvalue weighted by Crippen LogP contribution is 2.31. The number of fused-ring (bicyclic) bond motifs is 1. The molecular weight excluding hydrogens is 389 g/mol. The fraction of sp³-hybridized carbons (Fsp3) is 0.733. The summed E-state index contributed by atoms with van der Waals surface area (Å²) in [5.74, 6) is -2.76. The molecule has 2 heterocycles. The van der Waals surface area contributed by atoms with Crippen LogP contribution in [0.1, 0.15) is 37.4 Å². The Morgan fingerprint density at radius 1 is 1.41 bits per heavy atom. The van der Waals surface area contributed by atoms with Crippen LogP contribution in [0.3, 0.4) is 0 Å². The summed E-state index contributed by atoms with van der Waals surface area (Å²) in [5.41, 5.74) is 1.24. The van der Waals surface area contributed by atoms with Crippen LogP contribution < -0.4 is 4.72 Å². The van der Waals surface area contributed by atoms with E-state index in [9.17, 15) is 21.6 Å². The van der Waals surface area contributed by atoms with Crippen molar-refractivity contribution in [3.63, 3.8) is 0 Å². The number of rotatable bonds is 5. The second-order valence-electron chi connectivity index (χ2n) is 6.69. The topological polar surface area (TPSA) is 105 Å². The minimum absolute atomic E-state index is 0.267. The van der Waals surface area contributed by atoms with Gasteiger partial charge in [-0.15, -0.1) is 0 Å². The Bertz CT molecular complexity index is 746. The lowest BCUT2D eigenvalue weighted by Gasteiger charge is -2.42. The van der Waals surface area contributed by atoms with Crippen LogP contribution in [0, 0.1) is 0 Å². The third-order valence-corrected chi connectivity index (χ3v) is 5.31. The number of nitrogens with one attached hydrogen (secondary N) is 1. The molecule has 0 radical (unpaired) electrons. The molecule has 2 N–H and O–H groups in total. The zero-order chi connectivity index (χ0) is 20.2. The second kappa shape index (κ2) is 8.57. The first-order valence-corrected chi connectivity index (χ1v) is 10.4. The second-order valence-corrected chi connectivity index (χ2v) is 8.53. The van der Waals surface area contributed by atoms with E-state index in [0.717, 1.165) is 19.5 Å². The van der Waals surface area contributed by atoms with E-state index in [1.807, 2.05) is 6.20 Å². The van der Waals surface area contributed by atoms with E-state index in [1.165, 1.54) is 31.2 Å². The molecule has 12 heteroatoms. The summed E-state index contributed by atoms with van der Waals surface area (Å²) in [6.07, 6.45) is 2.67. The normalized spacial score (nSPS) is 21.0. The highest BCUT2D eigenvalue weighted by Gasteiger charge is 2.38. The molecule has 27 heavy (non-hydrogen) atoms. The molecule has 1 aliphatic heterocycles. The molecule has 1 aliphatic carbocycles. The Balaban J connectivity index is 0.000000321. The monoisotopic (exact) mass is 412 g/mol. The quantitative estimate of drug-likeness (QED) is 0.757. The largest absolute Gasteiger partial charge is 0.490 e. The lowest BCUT2D eigenvalue weighted by Crippen LogP contribution is -2.47. The molecule has 1 fully saturated rings. The molecule has 1 saturated carbocycles. The molecule has 0 aromatic carbocycles. The van der Waals surface area contributed by atoms with Gasteiger partial charge in [0.2, 0.25) is 10.0 Å². The van der Waals surface area contributed by atoms with Gasteiger partial charge in [0.1, 0.15) is 0 Å². The van der Waals surface area contributed by atoms with E-state index in [0.29, 0.717) is 12.6 Å². The van der Waals surface area contributed by atoms with E-state index in [2.05, 4.69) is 25.5 Å². The highest BCUT2D eigenvalue weighted by molar-refractivity contribution is 7.88. The van der Waals surface area contributed by atoms with Gasteiger partial charge in [0.15, 0.2) is 0 Å². The number of carbonyl (C=O) groups is 1. The molecule has 3 rings (SSSR count). The predicted molar refractivity (Wildman–Crippen MR) is 90.5 cm³/mol. The van der Waals surface area contributed by atoms with Gasteiger partial charge in [-0.1, -0.05) is 6.42 Å². The Labute approximate surface area is 155 Å². The average molecular weight is 412 g/mol. The van der Waals surface area contributed by atoms with Crippen molar-refractivity contribution in [1.82, 2.24) is 19.4 Å². The van der Waals surface area contributed by atoms with Gasteiger partial charge in [-0.2, -0.15) is 18.3 Å². The van der Waals surface area contributed by atoms with Crippen molar-refractivity contribution < 1.29 is 31.5 Å². The summed E-state index contributed by atoms with van der Waals surface area (Å²) in [7, 11) is -3.11. The highest BCUT2D eigenvalue weighted by atomic mass is 32.2. The summed E-state index contributed by atoms with van der Waals surface area (Å²) >= 11 is 0. The number of hydrogen-bond acceptors (Lipinski definition) is 5. The fourth-order valence-electron chi connectivity index (χ4n) is 3.07. The zero-order valence-electron chi connectivity index (χ0n) is 14.8. The van der Waals surface area contributed by atoms with Crippen molar-refractivity contribution in [2.24, 2.45) is 0 Å². The maximum absolute atomic E-state index is 11.2. The third-order valence-electron chi connectivity index (χ3n) is 4.58. The van der Waals surface area contributed by atoms with Crippen molar-refractivity contribution in [3.8, 4) is 0 Å². The van der Waals surface area contributed by atoms with Gasteiger partial charge >= 0.3 is 12.1 Å². The van der Waals surface area contributed by atoms with Gasteiger partial charge in [-0.3, -0.25) is 9.58 Å². The van der Waals surface area contributed by atoms with Gasteiger partial charge in [-0.25, -0.2) is 17.9 Å². The first kappa shape index (κ1) is 21.6. The number of sulfonamides is 1. The van der Waals surface area contributed by atoms with Crippen molar-refractivity contribution >= 4 is 16.0 Å². The molecule has 0 saturated heterocycles. The Morgan fingerprint density at radius 2 is 2.04 bits per heavy atom. The van der Waals surface area contributed by atoms with Crippen LogP contribution in [-0.2, 0) is 21.4 Å². The van der Waals surface area contributed by atoms with Crippen molar-refractivity contribution in [2.45, 2.75) is 50.5 Å². The van der Waals surface area contributed by atoms with Gasteiger partial charge in [0, 0.05) is 31.9 Å². The molecule has 1 unspecified atom stereocenters.